The van der Waals surface area contributed by atoms with Gasteiger partial charge in [-0.25, -0.2) is 0 Å². The lowest BCUT2D eigenvalue weighted by Gasteiger charge is -2.14. The number of carbonyl (C=O) groups excluding carboxylic acids is 2. The summed E-state index contributed by atoms with van der Waals surface area (Å²) in [5.74, 6) is 0.257. The number of methoxy groups -OCH3 is 1. The average Bonchev–Trinajstić information content (AvgIpc) is 2.59. The van der Waals surface area contributed by atoms with Crippen molar-refractivity contribution >= 4 is 46.4 Å². The zero-order valence-electron chi connectivity index (χ0n) is 14.4. The summed E-state index contributed by atoms with van der Waals surface area (Å²) in [4.78, 5) is 24.9. The minimum Gasteiger partial charge on any atom is -0.497 e. The number of carbonyl (C=O) groups is 2. The van der Waals surface area contributed by atoms with Crippen LogP contribution in [0.4, 0.5) is 11.4 Å². The first-order valence-corrected chi connectivity index (χ1v) is 8.63. The van der Waals surface area contributed by atoms with Gasteiger partial charge in [-0.05, 0) is 36.4 Å². The second-order valence-electron chi connectivity index (χ2n) is 5.74. The molecule has 2 aromatic rings. The molecule has 0 aliphatic rings. The van der Waals surface area contributed by atoms with Crippen LogP contribution in [0.3, 0.4) is 0 Å². The van der Waals surface area contributed by atoms with Gasteiger partial charge in [-0.2, -0.15) is 0 Å². The Balaban J connectivity index is 1.82. The van der Waals surface area contributed by atoms with E-state index in [0.29, 0.717) is 22.1 Å². The molecule has 1 unspecified atom stereocenters. The van der Waals surface area contributed by atoms with Gasteiger partial charge in [0.2, 0.25) is 0 Å². The maximum absolute atomic E-state index is 12.1. The number of anilines is 2. The van der Waals surface area contributed by atoms with Gasteiger partial charge < -0.3 is 20.3 Å². The van der Waals surface area contributed by atoms with Crippen molar-refractivity contribution in [2.75, 3.05) is 37.9 Å². The average molecular weight is 397 g/mol. The Morgan fingerprint density at radius 1 is 1.00 bits per heavy atom. The molecule has 2 amide bonds. The number of likely N-dealkylation sites (N-methyl/N-ethyl adjacent to an activating group) is 1. The monoisotopic (exact) mass is 396 g/mol. The van der Waals surface area contributed by atoms with Crippen LogP contribution in [0.15, 0.2) is 42.5 Å². The van der Waals surface area contributed by atoms with Crippen molar-refractivity contribution in [3.05, 3.63) is 52.5 Å². The molecule has 1 atom stereocenters. The molecule has 0 aromatic heterocycles. The third kappa shape index (κ3) is 5.91. The molecule has 0 bridgehead atoms. The van der Waals surface area contributed by atoms with E-state index < -0.39 is 0 Å². The van der Waals surface area contributed by atoms with Gasteiger partial charge in [0.25, 0.3) is 11.8 Å². The first-order chi connectivity index (χ1) is 12.4. The highest BCUT2D eigenvalue weighted by Gasteiger charge is 2.16. The number of ether oxygens (including phenoxy) is 1. The van der Waals surface area contributed by atoms with Crippen molar-refractivity contribution in [2.24, 2.45) is 0 Å². The van der Waals surface area contributed by atoms with Crippen LogP contribution in [-0.4, -0.2) is 39.1 Å². The number of hydrogen-bond donors (Lipinski definition) is 3. The van der Waals surface area contributed by atoms with E-state index in [1.807, 2.05) is 0 Å². The van der Waals surface area contributed by atoms with Gasteiger partial charge in [-0.3, -0.25) is 9.59 Å². The van der Waals surface area contributed by atoms with Crippen molar-refractivity contribution in [2.45, 2.75) is 0 Å². The Hall–Kier alpha value is -2.28. The van der Waals surface area contributed by atoms with Crippen LogP contribution in [0.2, 0.25) is 10.0 Å². The summed E-state index contributed by atoms with van der Waals surface area (Å²) in [6, 6.07) is 12.0. The fraction of sp³-hybridized carbons (Fsp3) is 0.222. The highest BCUT2D eigenvalue weighted by molar-refractivity contribution is 6.43. The lowest BCUT2D eigenvalue weighted by Crippen LogP contribution is -3.11. The van der Waals surface area contributed by atoms with E-state index in [2.05, 4.69) is 10.6 Å². The number of halogens is 2. The van der Waals surface area contributed by atoms with E-state index >= 15 is 0 Å². The summed E-state index contributed by atoms with van der Waals surface area (Å²) in [5, 5.41) is 6.13. The van der Waals surface area contributed by atoms with Crippen molar-refractivity contribution in [3.8, 4) is 5.75 Å². The Labute approximate surface area is 162 Å². The molecule has 0 heterocycles. The van der Waals surface area contributed by atoms with E-state index in [-0.39, 0.29) is 29.9 Å². The van der Waals surface area contributed by atoms with Crippen molar-refractivity contribution < 1.29 is 19.2 Å². The minimum atomic E-state index is -0.260. The molecular formula is C18H20Cl2N3O3+. The molecule has 138 valence electrons. The van der Waals surface area contributed by atoms with Crippen LogP contribution in [0.5, 0.6) is 5.75 Å². The second-order valence-corrected chi connectivity index (χ2v) is 6.52. The van der Waals surface area contributed by atoms with Crippen LogP contribution in [0.1, 0.15) is 0 Å². The summed E-state index contributed by atoms with van der Waals surface area (Å²) in [5.41, 5.74) is 1.11. The van der Waals surface area contributed by atoms with Gasteiger partial charge in [0, 0.05) is 5.69 Å². The SMILES string of the molecule is COc1ccc(NC(=O)C[NH+](C)CC(=O)Nc2cccc(Cl)c2Cl)cc1. The van der Waals surface area contributed by atoms with Crippen molar-refractivity contribution in [1.29, 1.82) is 0 Å². The molecule has 2 rings (SSSR count). The fourth-order valence-corrected chi connectivity index (χ4v) is 2.63. The molecule has 0 fully saturated rings. The van der Waals surface area contributed by atoms with Crippen LogP contribution in [0.25, 0.3) is 0 Å². The molecular weight excluding hydrogens is 377 g/mol. The Morgan fingerprint density at radius 3 is 2.23 bits per heavy atom. The number of rotatable bonds is 7. The Morgan fingerprint density at radius 2 is 1.62 bits per heavy atom. The first-order valence-electron chi connectivity index (χ1n) is 7.88. The topological polar surface area (TPSA) is 71.9 Å². The third-order valence-electron chi connectivity index (χ3n) is 3.52. The summed E-state index contributed by atoms with van der Waals surface area (Å²) in [6.07, 6.45) is 0. The van der Waals surface area contributed by atoms with Gasteiger partial charge >= 0.3 is 0 Å². The van der Waals surface area contributed by atoms with Crippen LogP contribution < -0.4 is 20.3 Å². The zero-order valence-corrected chi connectivity index (χ0v) is 15.9. The second kappa shape index (κ2) is 9.43. The zero-order chi connectivity index (χ0) is 19.1. The lowest BCUT2D eigenvalue weighted by molar-refractivity contribution is -0.862. The highest BCUT2D eigenvalue weighted by Crippen LogP contribution is 2.29. The molecule has 0 radical (unpaired) electrons. The molecule has 0 aliphatic carbocycles. The largest absolute Gasteiger partial charge is 0.497 e. The van der Waals surface area contributed by atoms with Gasteiger partial charge in [-0.15, -0.1) is 0 Å². The molecule has 8 heteroatoms. The van der Waals surface area contributed by atoms with Gasteiger partial charge in [0.1, 0.15) is 5.75 Å². The molecule has 0 spiro atoms. The van der Waals surface area contributed by atoms with Gasteiger partial charge in [0.05, 0.1) is 29.9 Å². The maximum atomic E-state index is 12.1. The number of hydrogen-bond acceptors (Lipinski definition) is 3. The van der Waals surface area contributed by atoms with E-state index in [0.717, 1.165) is 4.90 Å². The fourth-order valence-electron chi connectivity index (χ4n) is 2.28. The summed E-state index contributed by atoms with van der Waals surface area (Å²) in [7, 11) is 3.33. The van der Waals surface area contributed by atoms with Crippen molar-refractivity contribution in [3.63, 3.8) is 0 Å². The summed E-state index contributed by atoms with van der Waals surface area (Å²) in [6.45, 7) is 0.252. The smallest absolute Gasteiger partial charge is 0.279 e. The first kappa shape index (κ1) is 20.0. The molecule has 0 aliphatic heterocycles. The normalized spacial score (nSPS) is 11.5. The lowest BCUT2D eigenvalue weighted by atomic mass is 10.3. The minimum absolute atomic E-state index is 0.110. The maximum Gasteiger partial charge on any atom is 0.279 e. The van der Waals surface area contributed by atoms with E-state index in [4.69, 9.17) is 27.9 Å². The van der Waals surface area contributed by atoms with Crippen molar-refractivity contribution in [1.82, 2.24) is 0 Å². The molecule has 0 saturated carbocycles. The van der Waals surface area contributed by atoms with E-state index in [1.165, 1.54) is 0 Å². The molecule has 2 aromatic carbocycles. The van der Waals surface area contributed by atoms with Crippen LogP contribution >= 0.6 is 23.2 Å². The predicted molar refractivity (Wildman–Crippen MR) is 103 cm³/mol. The number of quaternary nitrogens is 1. The quantitative estimate of drug-likeness (QED) is 0.670. The van der Waals surface area contributed by atoms with E-state index in [9.17, 15) is 9.59 Å². The molecule has 6 nitrogen and oxygen atoms in total. The third-order valence-corrected chi connectivity index (χ3v) is 4.34. The molecule has 26 heavy (non-hydrogen) atoms. The standard InChI is InChI=1S/C18H19Cl2N3O3/c1-23(10-16(24)21-12-6-8-13(26-2)9-7-12)11-17(25)22-15-5-3-4-14(19)18(15)20/h3-9H,10-11H2,1-2H3,(H,21,24)(H,22,25)/p+1. The highest BCUT2D eigenvalue weighted by atomic mass is 35.5. The Bertz CT molecular complexity index is 782. The summed E-state index contributed by atoms with van der Waals surface area (Å²) >= 11 is 12.0. The predicted octanol–water partition coefficient (Wildman–Crippen LogP) is 2.09. The summed E-state index contributed by atoms with van der Waals surface area (Å²) < 4.78 is 5.07. The number of benzene rings is 2. The number of nitrogens with one attached hydrogen (secondary N) is 3. The van der Waals surface area contributed by atoms with Gasteiger partial charge in [-0.1, -0.05) is 29.3 Å². The number of amides is 2. The van der Waals surface area contributed by atoms with Gasteiger partial charge in [0.15, 0.2) is 13.1 Å². The van der Waals surface area contributed by atoms with E-state index in [1.54, 1.807) is 56.6 Å². The Kier molecular flexibility index (Phi) is 7.26. The molecule has 0 saturated heterocycles. The van der Waals surface area contributed by atoms with Crippen LogP contribution in [0, 0.1) is 0 Å². The molecule has 3 N–H and O–H groups in total. The van der Waals surface area contributed by atoms with Crippen LogP contribution in [-0.2, 0) is 9.59 Å².